The van der Waals surface area contributed by atoms with Crippen LogP contribution < -0.4 is 0 Å². The van der Waals surface area contributed by atoms with Gasteiger partial charge in [0.2, 0.25) is 0 Å². The highest BCUT2D eigenvalue weighted by molar-refractivity contribution is 7.98. The number of rotatable bonds is 5. The molecular weight excluding hydrogens is 318 g/mol. The van der Waals surface area contributed by atoms with Crippen molar-refractivity contribution in [2.24, 2.45) is 5.92 Å². The third kappa shape index (κ3) is 3.82. The number of likely N-dealkylation sites (tertiary alicyclic amines) is 1. The lowest BCUT2D eigenvalue weighted by Gasteiger charge is -2.17. The van der Waals surface area contributed by atoms with E-state index in [1.807, 2.05) is 6.07 Å². The van der Waals surface area contributed by atoms with Gasteiger partial charge < -0.3 is 4.74 Å². The highest BCUT2D eigenvalue weighted by Crippen LogP contribution is 2.35. The molecule has 0 spiro atoms. The number of carbonyl (C=O) groups is 1. The molecule has 2 atom stereocenters. The summed E-state index contributed by atoms with van der Waals surface area (Å²) in [6.45, 7) is 2.50. The summed E-state index contributed by atoms with van der Waals surface area (Å²) < 4.78 is 5.06. The van der Waals surface area contributed by atoms with Crippen LogP contribution in [-0.4, -0.2) is 37.3 Å². The topological polar surface area (TPSA) is 29.5 Å². The maximum absolute atomic E-state index is 12.3. The zero-order valence-corrected chi connectivity index (χ0v) is 15.0. The summed E-state index contributed by atoms with van der Waals surface area (Å²) in [5, 5.41) is 0. The van der Waals surface area contributed by atoms with Gasteiger partial charge in [0.1, 0.15) is 0 Å². The minimum Gasteiger partial charge on any atom is -0.469 e. The van der Waals surface area contributed by atoms with Gasteiger partial charge in [0.25, 0.3) is 0 Å². The van der Waals surface area contributed by atoms with E-state index in [1.165, 1.54) is 23.1 Å². The van der Waals surface area contributed by atoms with Crippen LogP contribution in [0.5, 0.6) is 0 Å². The Morgan fingerprint density at radius 3 is 2.46 bits per heavy atom. The van der Waals surface area contributed by atoms with E-state index in [-0.39, 0.29) is 17.8 Å². The Morgan fingerprint density at radius 2 is 1.83 bits per heavy atom. The van der Waals surface area contributed by atoms with Crippen molar-refractivity contribution in [3.63, 3.8) is 0 Å². The Balaban J connectivity index is 1.78. The second-order valence-corrected chi connectivity index (χ2v) is 7.07. The summed E-state index contributed by atoms with van der Waals surface area (Å²) in [4.78, 5) is 15.9. The van der Waals surface area contributed by atoms with Crippen molar-refractivity contribution in [3.8, 4) is 0 Å². The normalized spacial score (nSPS) is 20.9. The number of ether oxygens (including phenoxy) is 1. The molecule has 0 amide bonds. The second-order valence-electron chi connectivity index (χ2n) is 6.19. The molecule has 2 aromatic rings. The zero-order chi connectivity index (χ0) is 16.9. The van der Waals surface area contributed by atoms with Gasteiger partial charge in [-0.15, -0.1) is 11.8 Å². The Kier molecular flexibility index (Phi) is 5.59. The molecule has 2 unspecified atom stereocenters. The Morgan fingerprint density at radius 1 is 1.12 bits per heavy atom. The monoisotopic (exact) mass is 341 g/mol. The first-order valence-corrected chi connectivity index (χ1v) is 9.42. The van der Waals surface area contributed by atoms with Crippen LogP contribution in [0.15, 0.2) is 59.5 Å². The third-order valence-corrected chi connectivity index (χ3v) is 5.44. The largest absolute Gasteiger partial charge is 0.469 e. The fraction of sp³-hybridized carbons (Fsp3) is 0.350. The van der Waals surface area contributed by atoms with Crippen molar-refractivity contribution < 1.29 is 9.53 Å². The van der Waals surface area contributed by atoms with Crippen molar-refractivity contribution in [3.05, 3.63) is 65.7 Å². The minimum atomic E-state index is -0.107. The smallest absolute Gasteiger partial charge is 0.310 e. The maximum atomic E-state index is 12.3. The summed E-state index contributed by atoms with van der Waals surface area (Å²) >= 11 is 1.73. The van der Waals surface area contributed by atoms with Crippen molar-refractivity contribution in [1.29, 1.82) is 0 Å². The van der Waals surface area contributed by atoms with Crippen molar-refractivity contribution in [1.82, 2.24) is 4.90 Å². The van der Waals surface area contributed by atoms with Gasteiger partial charge in [-0.05, 0) is 29.5 Å². The highest BCUT2D eigenvalue weighted by Gasteiger charge is 2.39. The highest BCUT2D eigenvalue weighted by atomic mass is 32.2. The van der Waals surface area contributed by atoms with Crippen LogP contribution in [0.25, 0.3) is 0 Å². The molecular formula is C20H23NO2S. The van der Waals surface area contributed by atoms with E-state index in [2.05, 4.69) is 59.7 Å². The first kappa shape index (κ1) is 17.1. The number of hydrogen-bond acceptors (Lipinski definition) is 4. The van der Waals surface area contributed by atoms with Crippen molar-refractivity contribution in [2.45, 2.75) is 17.4 Å². The predicted octanol–water partition coefficient (Wildman–Crippen LogP) is 3.80. The molecule has 126 valence electrons. The molecule has 3 rings (SSSR count). The van der Waals surface area contributed by atoms with Crippen molar-refractivity contribution >= 4 is 17.7 Å². The number of esters is 1. The molecule has 0 saturated carbocycles. The number of benzene rings is 2. The zero-order valence-electron chi connectivity index (χ0n) is 14.1. The van der Waals surface area contributed by atoms with Crippen molar-refractivity contribution in [2.75, 3.05) is 26.5 Å². The van der Waals surface area contributed by atoms with Crippen LogP contribution in [-0.2, 0) is 16.1 Å². The standard InChI is InChI=1S/C20H23NO2S/c1-23-20(22)19-14-21(12-15-6-4-3-5-7-15)13-18(19)16-8-10-17(24-2)11-9-16/h3-11,18-19H,12-14H2,1-2H3. The summed E-state index contributed by atoms with van der Waals surface area (Å²) in [5.74, 6) is -0.0135. The van der Waals surface area contributed by atoms with Crippen LogP contribution >= 0.6 is 11.8 Å². The molecule has 0 radical (unpaired) electrons. The Hall–Kier alpha value is -1.78. The molecule has 1 fully saturated rings. The van der Waals surface area contributed by atoms with E-state index in [4.69, 9.17) is 4.74 Å². The van der Waals surface area contributed by atoms with Crippen LogP contribution in [0.1, 0.15) is 17.0 Å². The van der Waals surface area contributed by atoms with Gasteiger partial charge in [-0.2, -0.15) is 0 Å². The van der Waals surface area contributed by atoms with Crippen LogP contribution in [0.3, 0.4) is 0 Å². The van der Waals surface area contributed by atoms with E-state index < -0.39 is 0 Å². The van der Waals surface area contributed by atoms with Gasteiger partial charge in [0.05, 0.1) is 13.0 Å². The van der Waals surface area contributed by atoms with E-state index in [1.54, 1.807) is 11.8 Å². The molecule has 0 N–H and O–H groups in total. The average molecular weight is 341 g/mol. The Bertz CT molecular complexity index is 672. The number of thioether (sulfide) groups is 1. The third-order valence-electron chi connectivity index (χ3n) is 4.69. The van der Waals surface area contributed by atoms with E-state index in [9.17, 15) is 4.79 Å². The lowest BCUT2D eigenvalue weighted by atomic mass is 9.89. The second kappa shape index (κ2) is 7.86. The van der Waals surface area contributed by atoms with E-state index in [0.717, 1.165) is 19.6 Å². The van der Waals surface area contributed by atoms with Crippen LogP contribution in [0.2, 0.25) is 0 Å². The van der Waals surface area contributed by atoms with Gasteiger partial charge in [-0.3, -0.25) is 9.69 Å². The van der Waals surface area contributed by atoms with Gasteiger partial charge >= 0.3 is 5.97 Å². The van der Waals surface area contributed by atoms with Gasteiger partial charge in [-0.25, -0.2) is 0 Å². The summed E-state index contributed by atoms with van der Waals surface area (Å²) in [5.41, 5.74) is 2.50. The first-order valence-electron chi connectivity index (χ1n) is 8.19. The molecule has 1 heterocycles. The molecule has 4 heteroatoms. The molecule has 0 aromatic heterocycles. The van der Waals surface area contributed by atoms with Crippen LogP contribution in [0.4, 0.5) is 0 Å². The molecule has 24 heavy (non-hydrogen) atoms. The SMILES string of the molecule is COC(=O)C1CN(Cc2ccccc2)CC1c1ccc(SC)cc1. The molecule has 2 aromatic carbocycles. The minimum absolute atomic E-state index is 0.0983. The predicted molar refractivity (Wildman–Crippen MR) is 98.2 cm³/mol. The molecule has 1 aliphatic heterocycles. The number of hydrogen-bond donors (Lipinski definition) is 0. The summed E-state index contributed by atoms with van der Waals surface area (Å²) in [7, 11) is 1.48. The van der Waals surface area contributed by atoms with Gasteiger partial charge in [0.15, 0.2) is 0 Å². The number of nitrogens with zero attached hydrogens (tertiary/aromatic N) is 1. The lowest BCUT2D eigenvalue weighted by Crippen LogP contribution is -2.24. The maximum Gasteiger partial charge on any atom is 0.310 e. The van der Waals surface area contributed by atoms with Gasteiger partial charge in [0, 0.05) is 30.4 Å². The fourth-order valence-corrected chi connectivity index (χ4v) is 3.84. The quantitative estimate of drug-likeness (QED) is 0.611. The summed E-state index contributed by atoms with van der Waals surface area (Å²) in [6.07, 6.45) is 2.07. The average Bonchev–Trinajstić information content (AvgIpc) is 3.05. The molecule has 1 aliphatic rings. The fourth-order valence-electron chi connectivity index (χ4n) is 3.44. The van der Waals surface area contributed by atoms with Crippen LogP contribution in [0, 0.1) is 5.92 Å². The first-order chi connectivity index (χ1) is 11.7. The molecule has 0 aliphatic carbocycles. The Labute approximate surface area is 148 Å². The van der Waals surface area contributed by atoms with Gasteiger partial charge in [-0.1, -0.05) is 42.5 Å². The molecule has 0 bridgehead atoms. The van der Waals surface area contributed by atoms with E-state index >= 15 is 0 Å². The molecule has 3 nitrogen and oxygen atoms in total. The number of methoxy groups -OCH3 is 1. The van der Waals surface area contributed by atoms with E-state index in [0.29, 0.717) is 0 Å². The number of carbonyl (C=O) groups excluding carboxylic acids is 1. The lowest BCUT2D eigenvalue weighted by molar-refractivity contribution is -0.145. The molecule has 1 saturated heterocycles. The summed E-state index contributed by atoms with van der Waals surface area (Å²) in [6, 6.07) is 19.0.